The fourth-order valence-electron chi connectivity index (χ4n) is 0.907. The van der Waals surface area contributed by atoms with Crippen LogP contribution in [0.1, 0.15) is 19.8 Å². The van der Waals surface area contributed by atoms with Crippen molar-refractivity contribution in [1.29, 1.82) is 0 Å². The van der Waals surface area contributed by atoms with Crippen molar-refractivity contribution in [3.05, 3.63) is 6.42 Å². The molecule has 0 spiro atoms. The second kappa shape index (κ2) is 3.85. The zero-order chi connectivity index (χ0) is 6.53. The van der Waals surface area contributed by atoms with Gasteiger partial charge in [0.25, 0.3) is 0 Å². The van der Waals surface area contributed by atoms with Crippen molar-refractivity contribution in [2.24, 2.45) is 0 Å². The second-order valence-electron chi connectivity index (χ2n) is 2.07. The van der Waals surface area contributed by atoms with Gasteiger partial charge in [0.05, 0.1) is 6.61 Å². The molecule has 0 N–H and O–H groups in total. The molecule has 0 amide bonds. The highest BCUT2D eigenvalue weighted by molar-refractivity contribution is 4.70. The lowest BCUT2D eigenvalue weighted by Gasteiger charge is -2.21. The van der Waals surface area contributed by atoms with Crippen molar-refractivity contribution < 1.29 is 9.47 Å². The number of rotatable bonds is 2. The lowest BCUT2D eigenvalue weighted by atomic mass is 10.2. The van der Waals surface area contributed by atoms with Gasteiger partial charge in [0.15, 0.2) is 6.29 Å². The molecule has 1 radical (unpaired) electrons. The van der Waals surface area contributed by atoms with Gasteiger partial charge in [-0.1, -0.05) is 0 Å². The first-order chi connectivity index (χ1) is 4.43. The van der Waals surface area contributed by atoms with Crippen molar-refractivity contribution in [3.8, 4) is 0 Å². The molecule has 0 aliphatic carbocycles. The van der Waals surface area contributed by atoms with Crippen LogP contribution in [-0.2, 0) is 9.47 Å². The zero-order valence-electron chi connectivity index (χ0n) is 5.80. The van der Waals surface area contributed by atoms with Gasteiger partial charge in [0, 0.05) is 13.0 Å². The van der Waals surface area contributed by atoms with E-state index in [0.717, 1.165) is 26.1 Å². The molecule has 9 heavy (non-hydrogen) atoms. The number of hydrogen-bond donors (Lipinski definition) is 0. The Kier molecular flexibility index (Phi) is 3.01. The molecule has 1 heterocycles. The third-order valence-electron chi connectivity index (χ3n) is 1.34. The largest absolute Gasteiger partial charge is 0.353 e. The third kappa shape index (κ3) is 2.33. The predicted octanol–water partition coefficient (Wildman–Crippen LogP) is 1.36. The molecule has 53 valence electrons. The van der Waals surface area contributed by atoms with E-state index in [0.29, 0.717) is 0 Å². The molecule has 0 bridgehead atoms. The average Bonchev–Trinajstić information content (AvgIpc) is 1.91. The molecule has 1 fully saturated rings. The van der Waals surface area contributed by atoms with Crippen LogP contribution < -0.4 is 0 Å². The van der Waals surface area contributed by atoms with Crippen LogP contribution in [0.25, 0.3) is 0 Å². The monoisotopic (exact) mass is 129 g/mol. The van der Waals surface area contributed by atoms with Gasteiger partial charge < -0.3 is 9.47 Å². The Morgan fingerprint density at radius 1 is 1.78 bits per heavy atom. The van der Waals surface area contributed by atoms with Crippen LogP contribution in [-0.4, -0.2) is 19.5 Å². The Bertz CT molecular complexity index is 64.6. The Morgan fingerprint density at radius 3 is 3.22 bits per heavy atom. The van der Waals surface area contributed by atoms with Crippen molar-refractivity contribution in [2.75, 3.05) is 13.2 Å². The molecule has 2 nitrogen and oxygen atoms in total. The quantitative estimate of drug-likeness (QED) is 0.560. The van der Waals surface area contributed by atoms with E-state index in [1.807, 2.05) is 6.92 Å². The third-order valence-corrected chi connectivity index (χ3v) is 1.34. The van der Waals surface area contributed by atoms with E-state index in [1.165, 1.54) is 0 Å². The molecule has 1 aliphatic rings. The topological polar surface area (TPSA) is 18.5 Å². The summed E-state index contributed by atoms with van der Waals surface area (Å²) in [5.74, 6) is 0. The standard InChI is InChI=1S/C7H13O2/c1-2-8-7-5-3-4-6-9-7/h3,7H,2,4-6H2,1H3. The first kappa shape index (κ1) is 7.03. The smallest absolute Gasteiger partial charge is 0.157 e. The van der Waals surface area contributed by atoms with Gasteiger partial charge in [-0.3, -0.25) is 0 Å². The summed E-state index contributed by atoms with van der Waals surface area (Å²) in [6, 6.07) is 0. The Balaban J connectivity index is 2.08. The molecular formula is C7H13O2. The van der Waals surface area contributed by atoms with Crippen LogP contribution in [0.4, 0.5) is 0 Å². The SMILES string of the molecule is CCOC1C[CH]CCO1. The van der Waals surface area contributed by atoms with Crippen LogP contribution in [0.3, 0.4) is 0 Å². The van der Waals surface area contributed by atoms with Crippen molar-refractivity contribution >= 4 is 0 Å². The number of ether oxygens (including phenoxy) is 2. The van der Waals surface area contributed by atoms with Crippen molar-refractivity contribution in [1.82, 2.24) is 0 Å². The summed E-state index contributed by atoms with van der Waals surface area (Å²) in [7, 11) is 0. The van der Waals surface area contributed by atoms with E-state index < -0.39 is 0 Å². The fourth-order valence-corrected chi connectivity index (χ4v) is 0.907. The van der Waals surface area contributed by atoms with Gasteiger partial charge in [0.1, 0.15) is 0 Å². The first-order valence-electron chi connectivity index (χ1n) is 3.48. The first-order valence-corrected chi connectivity index (χ1v) is 3.48. The number of hydrogen-bond acceptors (Lipinski definition) is 2. The van der Waals surface area contributed by atoms with Gasteiger partial charge in [-0.25, -0.2) is 0 Å². The normalized spacial score (nSPS) is 28.3. The van der Waals surface area contributed by atoms with Crippen molar-refractivity contribution in [3.63, 3.8) is 0 Å². The maximum Gasteiger partial charge on any atom is 0.157 e. The van der Waals surface area contributed by atoms with Crippen LogP contribution in [0.2, 0.25) is 0 Å². The van der Waals surface area contributed by atoms with E-state index in [4.69, 9.17) is 9.47 Å². The summed E-state index contributed by atoms with van der Waals surface area (Å²) in [5, 5.41) is 0. The van der Waals surface area contributed by atoms with Gasteiger partial charge in [0.2, 0.25) is 0 Å². The molecule has 1 atom stereocenters. The maximum absolute atomic E-state index is 5.26. The average molecular weight is 129 g/mol. The molecule has 0 aromatic carbocycles. The summed E-state index contributed by atoms with van der Waals surface area (Å²) in [4.78, 5) is 0. The Labute approximate surface area is 56.2 Å². The van der Waals surface area contributed by atoms with Gasteiger partial charge in [-0.2, -0.15) is 0 Å². The summed E-state index contributed by atoms with van der Waals surface area (Å²) in [6.07, 6.45) is 4.28. The minimum absolute atomic E-state index is 0.0451. The molecule has 1 aliphatic heterocycles. The summed E-state index contributed by atoms with van der Waals surface area (Å²) in [6.45, 7) is 3.56. The molecule has 1 rings (SSSR count). The van der Waals surface area contributed by atoms with E-state index in [-0.39, 0.29) is 6.29 Å². The molecule has 2 heteroatoms. The van der Waals surface area contributed by atoms with Crippen LogP contribution in [0.5, 0.6) is 0 Å². The summed E-state index contributed by atoms with van der Waals surface area (Å²) in [5.41, 5.74) is 0. The fraction of sp³-hybridized carbons (Fsp3) is 0.857. The molecule has 0 saturated carbocycles. The molecule has 0 aromatic heterocycles. The zero-order valence-corrected chi connectivity index (χ0v) is 5.80. The van der Waals surface area contributed by atoms with E-state index >= 15 is 0 Å². The van der Waals surface area contributed by atoms with E-state index in [2.05, 4.69) is 6.42 Å². The van der Waals surface area contributed by atoms with Gasteiger partial charge in [-0.05, 0) is 19.8 Å². The minimum Gasteiger partial charge on any atom is -0.353 e. The van der Waals surface area contributed by atoms with E-state index in [9.17, 15) is 0 Å². The Morgan fingerprint density at radius 2 is 2.67 bits per heavy atom. The highest BCUT2D eigenvalue weighted by Gasteiger charge is 2.12. The van der Waals surface area contributed by atoms with Crippen LogP contribution in [0.15, 0.2) is 0 Å². The molecule has 1 unspecified atom stereocenters. The van der Waals surface area contributed by atoms with E-state index in [1.54, 1.807) is 0 Å². The Hall–Kier alpha value is -0.0800. The summed E-state index contributed by atoms with van der Waals surface area (Å²) >= 11 is 0. The van der Waals surface area contributed by atoms with Crippen LogP contribution in [0, 0.1) is 6.42 Å². The summed E-state index contributed by atoms with van der Waals surface area (Å²) < 4.78 is 10.5. The van der Waals surface area contributed by atoms with Gasteiger partial charge in [-0.15, -0.1) is 0 Å². The van der Waals surface area contributed by atoms with Gasteiger partial charge >= 0.3 is 0 Å². The lowest BCUT2D eigenvalue weighted by molar-refractivity contribution is -0.149. The second-order valence-corrected chi connectivity index (χ2v) is 2.07. The van der Waals surface area contributed by atoms with Crippen molar-refractivity contribution in [2.45, 2.75) is 26.1 Å². The molecule has 1 saturated heterocycles. The maximum atomic E-state index is 5.26. The van der Waals surface area contributed by atoms with Crippen LogP contribution >= 0.6 is 0 Å². The molecule has 0 aromatic rings. The highest BCUT2D eigenvalue weighted by Crippen LogP contribution is 2.11. The minimum atomic E-state index is 0.0451. The lowest BCUT2D eigenvalue weighted by Crippen LogP contribution is -2.22. The molecular weight excluding hydrogens is 116 g/mol. The predicted molar refractivity (Wildman–Crippen MR) is 34.9 cm³/mol. The highest BCUT2D eigenvalue weighted by atomic mass is 16.7.